The molecule has 0 amide bonds. The van der Waals surface area contributed by atoms with E-state index >= 15 is 0 Å². The van der Waals surface area contributed by atoms with E-state index in [0.29, 0.717) is 0 Å². The Bertz CT molecular complexity index is 151. The Kier molecular flexibility index (Phi) is 5.77. The van der Waals surface area contributed by atoms with Gasteiger partial charge in [-0.1, -0.05) is 54.3 Å². The van der Waals surface area contributed by atoms with Crippen molar-refractivity contribution in [3.63, 3.8) is 0 Å². The summed E-state index contributed by atoms with van der Waals surface area (Å²) in [4.78, 5) is 0. The molecule has 1 aliphatic carbocycles. The summed E-state index contributed by atoms with van der Waals surface area (Å²) in [6.45, 7) is 2.33. The summed E-state index contributed by atoms with van der Waals surface area (Å²) in [6, 6.07) is 0. The van der Waals surface area contributed by atoms with E-state index in [4.69, 9.17) is 0 Å². The fourth-order valence-corrected chi connectivity index (χ4v) is 2.49. The van der Waals surface area contributed by atoms with Crippen LogP contribution < -0.4 is 0 Å². The van der Waals surface area contributed by atoms with Gasteiger partial charge >= 0.3 is 0 Å². The lowest BCUT2D eigenvalue weighted by Gasteiger charge is -2.26. The summed E-state index contributed by atoms with van der Waals surface area (Å²) < 4.78 is 0. The molecule has 1 fully saturated rings. The van der Waals surface area contributed by atoms with Crippen LogP contribution in [0.15, 0.2) is 12.2 Å². The van der Waals surface area contributed by atoms with Gasteiger partial charge in [0.1, 0.15) is 0 Å². The molecule has 0 aliphatic heterocycles. The molecule has 0 N–H and O–H groups in total. The summed E-state index contributed by atoms with van der Waals surface area (Å²) in [5, 5.41) is 1.10. The van der Waals surface area contributed by atoms with Gasteiger partial charge in [-0.05, 0) is 31.1 Å². The first-order valence-corrected chi connectivity index (χ1v) is 6.71. The Labute approximate surface area is 90.9 Å². The number of hydrogen-bond donors (Lipinski definition) is 0. The molecule has 0 saturated heterocycles. The Hall–Kier alpha value is 0.220. The smallest absolute Gasteiger partial charge is 0.00659 e. The minimum atomic E-state index is 0.887. The Balaban J connectivity index is 2.25. The molecule has 0 aromatic carbocycles. The Morgan fingerprint density at radius 1 is 1.38 bits per heavy atom. The number of halogens is 1. The zero-order chi connectivity index (χ0) is 9.52. The zero-order valence-corrected chi connectivity index (χ0v) is 10.2. The quantitative estimate of drug-likeness (QED) is 0.503. The third-order valence-electron chi connectivity index (χ3n) is 3.08. The molecule has 1 heteroatoms. The van der Waals surface area contributed by atoms with E-state index in [1.165, 1.54) is 38.5 Å². The Morgan fingerprint density at radius 3 is 2.92 bits per heavy atom. The molecular formula is C12H21Br. The Morgan fingerprint density at radius 2 is 2.23 bits per heavy atom. The van der Waals surface area contributed by atoms with Crippen LogP contribution in [-0.2, 0) is 0 Å². The van der Waals surface area contributed by atoms with E-state index in [1.807, 2.05) is 0 Å². The van der Waals surface area contributed by atoms with Crippen LogP contribution in [0, 0.1) is 11.8 Å². The molecule has 1 rings (SSSR count). The minimum Gasteiger partial charge on any atom is -0.0925 e. The molecule has 0 nitrogen and oxygen atoms in total. The summed E-state index contributed by atoms with van der Waals surface area (Å²) in [7, 11) is 0. The standard InChI is InChI=1S/C12H21Br/c1-2-11-7-5-8-12(10-11)6-3-4-9-13/h3,6,11-12H,2,4-5,7-10H2,1H3. The fourth-order valence-electron chi connectivity index (χ4n) is 2.23. The second-order valence-corrected chi connectivity index (χ2v) is 4.90. The van der Waals surface area contributed by atoms with Crippen LogP contribution in [0.25, 0.3) is 0 Å². The highest BCUT2D eigenvalue weighted by molar-refractivity contribution is 9.09. The van der Waals surface area contributed by atoms with Crippen LogP contribution in [0.4, 0.5) is 0 Å². The number of rotatable bonds is 4. The van der Waals surface area contributed by atoms with Crippen molar-refractivity contribution >= 4 is 15.9 Å². The number of alkyl halides is 1. The highest BCUT2D eigenvalue weighted by Gasteiger charge is 2.18. The van der Waals surface area contributed by atoms with Gasteiger partial charge < -0.3 is 0 Å². The third kappa shape index (κ3) is 4.30. The molecule has 0 aromatic heterocycles. The molecule has 76 valence electrons. The fraction of sp³-hybridized carbons (Fsp3) is 0.833. The highest BCUT2D eigenvalue weighted by atomic mass is 79.9. The van der Waals surface area contributed by atoms with Crippen molar-refractivity contribution in [2.24, 2.45) is 11.8 Å². The highest BCUT2D eigenvalue weighted by Crippen LogP contribution is 2.31. The van der Waals surface area contributed by atoms with Crippen LogP contribution in [-0.4, -0.2) is 5.33 Å². The summed E-state index contributed by atoms with van der Waals surface area (Å²) >= 11 is 3.45. The van der Waals surface area contributed by atoms with E-state index in [-0.39, 0.29) is 0 Å². The van der Waals surface area contributed by atoms with E-state index < -0.39 is 0 Å². The maximum absolute atomic E-state index is 3.45. The van der Waals surface area contributed by atoms with Gasteiger partial charge in [-0.3, -0.25) is 0 Å². The van der Waals surface area contributed by atoms with Crippen LogP contribution in [0.3, 0.4) is 0 Å². The van der Waals surface area contributed by atoms with Crippen molar-refractivity contribution in [3.8, 4) is 0 Å². The minimum absolute atomic E-state index is 0.887. The molecule has 0 bridgehead atoms. The molecule has 0 aromatic rings. The van der Waals surface area contributed by atoms with Crippen molar-refractivity contribution < 1.29 is 0 Å². The van der Waals surface area contributed by atoms with E-state index in [1.54, 1.807) is 0 Å². The first-order chi connectivity index (χ1) is 6.36. The van der Waals surface area contributed by atoms with E-state index in [2.05, 4.69) is 35.0 Å². The maximum Gasteiger partial charge on any atom is 0.00659 e. The molecule has 1 aliphatic rings. The van der Waals surface area contributed by atoms with Crippen LogP contribution in [0.2, 0.25) is 0 Å². The van der Waals surface area contributed by atoms with E-state index in [9.17, 15) is 0 Å². The lowest BCUT2D eigenvalue weighted by Crippen LogP contribution is -2.13. The third-order valence-corrected chi connectivity index (χ3v) is 3.54. The van der Waals surface area contributed by atoms with Crippen molar-refractivity contribution in [1.29, 1.82) is 0 Å². The zero-order valence-electron chi connectivity index (χ0n) is 8.64. The average molecular weight is 245 g/mol. The first-order valence-electron chi connectivity index (χ1n) is 5.59. The van der Waals surface area contributed by atoms with Gasteiger partial charge in [-0.2, -0.15) is 0 Å². The van der Waals surface area contributed by atoms with Crippen molar-refractivity contribution in [2.75, 3.05) is 5.33 Å². The predicted octanol–water partition coefficient (Wildman–Crippen LogP) is 4.54. The van der Waals surface area contributed by atoms with Crippen molar-refractivity contribution in [2.45, 2.75) is 45.4 Å². The first kappa shape index (κ1) is 11.3. The molecule has 13 heavy (non-hydrogen) atoms. The predicted molar refractivity (Wildman–Crippen MR) is 63.3 cm³/mol. The van der Waals surface area contributed by atoms with Gasteiger partial charge in [-0.25, -0.2) is 0 Å². The SMILES string of the molecule is CCC1CCCC(C=CCCBr)C1. The van der Waals surface area contributed by atoms with Gasteiger partial charge in [0.15, 0.2) is 0 Å². The molecule has 0 radical (unpaired) electrons. The summed E-state index contributed by atoms with van der Waals surface area (Å²) in [5.41, 5.74) is 0. The van der Waals surface area contributed by atoms with Crippen molar-refractivity contribution in [1.82, 2.24) is 0 Å². The molecule has 2 atom stereocenters. The second kappa shape index (κ2) is 6.64. The van der Waals surface area contributed by atoms with Crippen LogP contribution in [0.1, 0.15) is 45.4 Å². The lowest BCUT2D eigenvalue weighted by molar-refractivity contribution is 0.297. The second-order valence-electron chi connectivity index (χ2n) is 4.11. The molecule has 2 unspecified atom stereocenters. The molecule has 0 spiro atoms. The molecule has 0 heterocycles. The van der Waals surface area contributed by atoms with E-state index in [0.717, 1.165) is 17.2 Å². The monoisotopic (exact) mass is 244 g/mol. The molecular weight excluding hydrogens is 224 g/mol. The maximum atomic E-state index is 3.45. The largest absolute Gasteiger partial charge is 0.0925 e. The van der Waals surface area contributed by atoms with Gasteiger partial charge in [-0.15, -0.1) is 0 Å². The number of allylic oxidation sites excluding steroid dienone is 2. The van der Waals surface area contributed by atoms with Crippen LogP contribution in [0.5, 0.6) is 0 Å². The normalized spacial score (nSPS) is 29.7. The van der Waals surface area contributed by atoms with Gasteiger partial charge in [0.05, 0.1) is 0 Å². The van der Waals surface area contributed by atoms with Crippen molar-refractivity contribution in [3.05, 3.63) is 12.2 Å². The van der Waals surface area contributed by atoms with Crippen LogP contribution >= 0.6 is 15.9 Å². The summed E-state index contributed by atoms with van der Waals surface area (Å²) in [6.07, 6.45) is 13.1. The van der Waals surface area contributed by atoms with Gasteiger partial charge in [0.2, 0.25) is 0 Å². The molecule has 1 saturated carbocycles. The lowest BCUT2D eigenvalue weighted by atomic mass is 9.80. The number of hydrogen-bond acceptors (Lipinski definition) is 0. The summed E-state index contributed by atoms with van der Waals surface area (Å²) in [5.74, 6) is 1.89. The average Bonchev–Trinajstić information content (AvgIpc) is 2.19. The van der Waals surface area contributed by atoms with Gasteiger partial charge in [0, 0.05) is 5.33 Å². The topological polar surface area (TPSA) is 0 Å². The van der Waals surface area contributed by atoms with Gasteiger partial charge in [0.25, 0.3) is 0 Å².